The monoisotopic (exact) mass is 234 g/mol. The lowest BCUT2D eigenvalue weighted by Gasteiger charge is -2.29. The third-order valence-corrected chi connectivity index (χ3v) is 4.90. The zero-order chi connectivity index (χ0) is 11.9. The Kier molecular flexibility index (Phi) is 3.08. The summed E-state index contributed by atoms with van der Waals surface area (Å²) in [6.07, 6.45) is 0. The fourth-order valence-corrected chi connectivity index (χ4v) is 3.36. The summed E-state index contributed by atoms with van der Waals surface area (Å²) >= 11 is 0. The highest BCUT2D eigenvalue weighted by atomic mass is 31.2. The van der Waals surface area contributed by atoms with E-state index in [4.69, 9.17) is 13.8 Å². The van der Waals surface area contributed by atoms with E-state index < -0.39 is 18.8 Å². The molecule has 1 fully saturated rings. The van der Waals surface area contributed by atoms with Gasteiger partial charge in [0.25, 0.3) is 0 Å². The molecule has 0 aromatic carbocycles. The van der Waals surface area contributed by atoms with E-state index >= 15 is 0 Å². The second-order valence-electron chi connectivity index (χ2n) is 4.53. The molecule has 1 rings (SSSR count). The number of rotatable bonds is 3. The van der Waals surface area contributed by atoms with Crippen molar-refractivity contribution in [3.8, 4) is 0 Å². The van der Waals surface area contributed by atoms with E-state index in [1.807, 2.05) is 27.7 Å². The van der Waals surface area contributed by atoms with Crippen LogP contribution in [0.25, 0.3) is 0 Å². The minimum Gasteiger partial charge on any atom is -0.487 e. The topological polar surface area (TPSA) is 44.8 Å². The van der Waals surface area contributed by atoms with Crippen molar-refractivity contribution >= 4 is 7.60 Å². The highest BCUT2D eigenvalue weighted by Crippen LogP contribution is 2.68. The standard InChI is InChI=1S/C10H19O4P/c1-7-12-8(2)15(11)13-9(3,4)10(5,6)14-15/h2,7H2,1,3-6H3. The molecular weight excluding hydrogens is 215 g/mol. The molecule has 15 heavy (non-hydrogen) atoms. The van der Waals surface area contributed by atoms with Crippen molar-refractivity contribution in [2.24, 2.45) is 0 Å². The van der Waals surface area contributed by atoms with Crippen molar-refractivity contribution in [3.05, 3.63) is 12.1 Å². The summed E-state index contributed by atoms with van der Waals surface area (Å²) in [5, 5.41) is 0. The lowest BCUT2D eigenvalue weighted by Crippen LogP contribution is -2.41. The molecule has 1 aliphatic rings. The Morgan fingerprint density at radius 2 is 1.67 bits per heavy atom. The first-order valence-electron chi connectivity index (χ1n) is 4.98. The molecule has 5 heteroatoms. The van der Waals surface area contributed by atoms with Gasteiger partial charge in [-0.1, -0.05) is 0 Å². The van der Waals surface area contributed by atoms with Gasteiger partial charge in [-0.15, -0.1) is 0 Å². The molecule has 88 valence electrons. The number of ether oxygens (including phenoxy) is 1. The quantitative estimate of drug-likeness (QED) is 0.555. The van der Waals surface area contributed by atoms with Gasteiger partial charge in [0.2, 0.25) is 5.50 Å². The van der Waals surface area contributed by atoms with E-state index in [0.717, 1.165) is 0 Å². The van der Waals surface area contributed by atoms with Gasteiger partial charge in [-0.25, -0.2) is 0 Å². The summed E-state index contributed by atoms with van der Waals surface area (Å²) < 4.78 is 28.3. The maximum Gasteiger partial charge on any atom is 0.396 e. The maximum absolute atomic E-state index is 12.3. The largest absolute Gasteiger partial charge is 0.487 e. The molecule has 0 aliphatic carbocycles. The summed E-state index contributed by atoms with van der Waals surface area (Å²) in [6.45, 7) is 13.1. The molecule has 0 bridgehead atoms. The zero-order valence-electron chi connectivity index (χ0n) is 9.99. The van der Waals surface area contributed by atoms with E-state index in [2.05, 4.69) is 6.58 Å². The molecule has 0 atom stereocenters. The molecule has 0 aromatic heterocycles. The Hall–Kier alpha value is -0.310. The minimum absolute atomic E-state index is 0.0867. The van der Waals surface area contributed by atoms with Crippen LogP contribution in [0.1, 0.15) is 34.6 Å². The number of hydrogen-bond acceptors (Lipinski definition) is 4. The first-order chi connectivity index (χ1) is 6.65. The summed E-state index contributed by atoms with van der Waals surface area (Å²) in [5.41, 5.74) is -1.16. The molecule has 1 aliphatic heterocycles. The Morgan fingerprint density at radius 3 is 2.00 bits per heavy atom. The molecule has 4 nitrogen and oxygen atoms in total. The van der Waals surface area contributed by atoms with Crippen LogP contribution in [0.2, 0.25) is 0 Å². The van der Waals surface area contributed by atoms with Crippen molar-refractivity contribution < 1.29 is 18.3 Å². The van der Waals surface area contributed by atoms with Crippen LogP contribution in [0, 0.1) is 0 Å². The van der Waals surface area contributed by atoms with Crippen molar-refractivity contribution in [2.45, 2.75) is 45.8 Å². The SMILES string of the molecule is C=C(OCC)P1(=O)OC(C)(C)C(C)(C)O1. The van der Waals surface area contributed by atoms with E-state index in [1.165, 1.54) is 0 Å². The predicted molar refractivity (Wildman–Crippen MR) is 58.7 cm³/mol. The van der Waals surface area contributed by atoms with Gasteiger partial charge in [0.1, 0.15) is 11.2 Å². The highest BCUT2D eigenvalue weighted by Gasteiger charge is 2.57. The van der Waals surface area contributed by atoms with Gasteiger partial charge in [0, 0.05) is 0 Å². The summed E-state index contributed by atoms with van der Waals surface area (Å²) in [6, 6.07) is 0. The molecule has 0 amide bonds. The van der Waals surface area contributed by atoms with Gasteiger partial charge in [-0.2, -0.15) is 0 Å². The van der Waals surface area contributed by atoms with Gasteiger partial charge < -0.3 is 4.74 Å². The van der Waals surface area contributed by atoms with Crippen LogP contribution in [-0.4, -0.2) is 17.8 Å². The van der Waals surface area contributed by atoms with Crippen LogP contribution in [0.15, 0.2) is 12.1 Å². The molecular formula is C10H19O4P. The van der Waals surface area contributed by atoms with Crippen molar-refractivity contribution in [3.63, 3.8) is 0 Å². The number of hydrogen-bond donors (Lipinski definition) is 0. The second kappa shape index (κ2) is 3.62. The van der Waals surface area contributed by atoms with E-state index in [-0.39, 0.29) is 5.50 Å². The van der Waals surface area contributed by atoms with Crippen molar-refractivity contribution in [1.29, 1.82) is 0 Å². The average Bonchev–Trinajstić information content (AvgIpc) is 2.17. The summed E-state index contributed by atoms with van der Waals surface area (Å²) in [7, 11) is -3.34. The lowest BCUT2D eigenvalue weighted by atomic mass is 9.90. The van der Waals surface area contributed by atoms with Crippen LogP contribution in [0.4, 0.5) is 0 Å². The Morgan fingerprint density at radius 1 is 1.27 bits per heavy atom. The van der Waals surface area contributed by atoms with Crippen molar-refractivity contribution in [2.75, 3.05) is 6.61 Å². The first kappa shape index (κ1) is 12.8. The third-order valence-electron chi connectivity index (χ3n) is 2.76. The zero-order valence-corrected chi connectivity index (χ0v) is 10.9. The van der Waals surface area contributed by atoms with Crippen molar-refractivity contribution in [1.82, 2.24) is 0 Å². The summed E-state index contributed by atoms with van der Waals surface area (Å²) in [5.74, 6) is 0. The maximum atomic E-state index is 12.3. The van der Waals surface area contributed by atoms with Crippen LogP contribution in [-0.2, 0) is 18.3 Å². The van der Waals surface area contributed by atoms with Gasteiger partial charge in [0.05, 0.1) is 6.61 Å². The predicted octanol–water partition coefficient (Wildman–Crippen LogP) is 3.29. The van der Waals surface area contributed by atoms with E-state index in [9.17, 15) is 4.57 Å². The molecule has 1 heterocycles. The van der Waals surface area contributed by atoms with Gasteiger partial charge in [-0.05, 0) is 41.2 Å². The van der Waals surface area contributed by atoms with Gasteiger partial charge in [0.15, 0.2) is 0 Å². The fourth-order valence-electron chi connectivity index (χ4n) is 1.19. The lowest BCUT2D eigenvalue weighted by molar-refractivity contribution is 0.00578. The Bertz CT molecular complexity index is 299. The molecule has 0 saturated carbocycles. The third kappa shape index (κ3) is 2.12. The minimum atomic E-state index is -3.34. The highest BCUT2D eigenvalue weighted by molar-refractivity contribution is 7.58. The van der Waals surface area contributed by atoms with Crippen LogP contribution >= 0.6 is 7.60 Å². The van der Waals surface area contributed by atoms with Gasteiger partial charge >= 0.3 is 7.60 Å². The van der Waals surface area contributed by atoms with Gasteiger partial charge in [-0.3, -0.25) is 13.6 Å². The smallest absolute Gasteiger partial charge is 0.396 e. The molecule has 0 unspecified atom stereocenters. The molecule has 1 saturated heterocycles. The van der Waals surface area contributed by atoms with Crippen LogP contribution in [0.3, 0.4) is 0 Å². The molecule has 0 radical (unpaired) electrons. The Balaban J connectivity index is 2.94. The molecule has 0 N–H and O–H groups in total. The van der Waals surface area contributed by atoms with E-state index in [0.29, 0.717) is 6.61 Å². The molecule has 0 aromatic rings. The van der Waals surface area contributed by atoms with Crippen LogP contribution in [0.5, 0.6) is 0 Å². The summed E-state index contributed by atoms with van der Waals surface area (Å²) in [4.78, 5) is 0. The first-order valence-corrected chi connectivity index (χ1v) is 6.53. The second-order valence-corrected chi connectivity index (χ2v) is 6.39. The normalized spacial score (nSPS) is 26.2. The fraction of sp³-hybridized carbons (Fsp3) is 0.800. The molecule has 0 spiro atoms. The Labute approximate surface area is 91.1 Å². The van der Waals surface area contributed by atoms with Crippen LogP contribution < -0.4 is 0 Å². The average molecular weight is 234 g/mol. The van der Waals surface area contributed by atoms with E-state index in [1.54, 1.807) is 6.92 Å².